The molecule has 1 aliphatic carbocycles. The van der Waals surface area contributed by atoms with Gasteiger partial charge in [0.1, 0.15) is 0 Å². The molecule has 1 fully saturated rings. The molecule has 0 spiro atoms. The van der Waals surface area contributed by atoms with E-state index in [2.05, 4.69) is 32.2 Å². The van der Waals surface area contributed by atoms with Gasteiger partial charge in [0, 0.05) is 19.1 Å². The summed E-state index contributed by atoms with van der Waals surface area (Å²) >= 11 is 0. The Morgan fingerprint density at radius 3 is 2.47 bits per heavy atom. The molecule has 2 amide bonds. The van der Waals surface area contributed by atoms with Crippen LogP contribution in [0.2, 0.25) is 0 Å². The van der Waals surface area contributed by atoms with Crippen LogP contribution in [0.25, 0.3) is 0 Å². The van der Waals surface area contributed by atoms with E-state index in [9.17, 15) is 4.79 Å². The highest BCUT2D eigenvalue weighted by molar-refractivity contribution is 5.75. The van der Waals surface area contributed by atoms with Crippen molar-refractivity contribution in [2.24, 2.45) is 5.41 Å². The van der Waals surface area contributed by atoms with Crippen molar-refractivity contribution >= 4 is 6.03 Å². The molecule has 3 nitrogen and oxygen atoms in total. The minimum absolute atomic E-state index is 0.135. The minimum atomic E-state index is 0.135. The zero-order valence-corrected chi connectivity index (χ0v) is 12.7. The fraction of sp³-hybridized carbons (Fsp3) is 0.812. The van der Waals surface area contributed by atoms with Gasteiger partial charge >= 0.3 is 6.03 Å². The minimum Gasteiger partial charge on any atom is -0.335 e. The highest BCUT2D eigenvalue weighted by atomic mass is 16.2. The quantitative estimate of drug-likeness (QED) is 0.719. The maximum absolute atomic E-state index is 12.2. The van der Waals surface area contributed by atoms with Crippen LogP contribution in [-0.4, -0.2) is 30.1 Å². The number of carbonyl (C=O) groups is 1. The van der Waals surface area contributed by atoms with Crippen molar-refractivity contribution in [1.82, 2.24) is 10.2 Å². The van der Waals surface area contributed by atoms with Gasteiger partial charge in [0.15, 0.2) is 0 Å². The Balaban J connectivity index is 1.83. The summed E-state index contributed by atoms with van der Waals surface area (Å²) in [7, 11) is 0. The van der Waals surface area contributed by atoms with Gasteiger partial charge in [-0.3, -0.25) is 0 Å². The van der Waals surface area contributed by atoms with Crippen molar-refractivity contribution in [2.75, 3.05) is 13.1 Å². The van der Waals surface area contributed by atoms with Gasteiger partial charge in [-0.2, -0.15) is 0 Å². The van der Waals surface area contributed by atoms with Crippen molar-refractivity contribution in [1.29, 1.82) is 0 Å². The van der Waals surface area contributed by atoms with E-state index >= 15 is 0 Å². The molecule has 0 bridgehead atoms. The first kappa shape index (κ1) is 14.4. The summed E-state index contributed by atoms with van der Waals surface area (Å²) in [4.78, 5) is 14.2. The third-order valence-corrected chi connectivity index (χ3v) is 4.39. The second-order valence-corrected chi connectivity index (χ2v) is 6.96. The number of amides is 2. The maximum Gasteiger partial charge on any atom is 0.317 e. The molecule has 0 radical (unpaired) electrons. The lowest BCUT2D eigenvalue weighted by molar-refractivity contribution is 0.192. The zero-order chi connectivity index (χ0) is 13.9. The topological polar surface area (TPSA) is 32.3 Å². The van der Waals surface area contributed by atoms with E-state index in [1.165, 1.54) is 24.8 Å². The van der Waals surface area contributed by atoms with E-state index in [0.29, 0.717) is 6.04 Å². The molecule has 2 rings (SSSR count). The van der Waals surface area contributed by atoms with Crippen LogP contribution in [0.4, 0.5) is 4.79 Å². The lowest BCUT2D eigenvalue weighted by Crippen LogP contribution is -2.47. The fourth-order valence-electron chi connectivity index (χ4n) is 3.05. The summed E-state index contributed by atoms with van der Waals surface area (Å²) in [6.07, 6.45) is 9.42. The van der Waals surface area contributed by atoms with Crippen LogP contribution in [-0.2, 0) is 0 Å². The summed E-state index contributed by atoms with van der Waals surface area (Å²) in [5.41, 5.74) is 1.72. The Kier molecular flexibility index (Phi) is 4.54. The molecule has 1 heterocycles. The number of rotatable bonds is 1. The van der Waals surface area contributed by atoms with E-state index in [1.54, 1.807) is 0 Å². The Morgan fingerprint density at radius 2 is 1.95 bits per heavy atom. The monoisotopic (exact) mass is 264 g/mol. The van der Waals surface area contributed by atoms with Crippen molar-refractivity contribution in [3.05, 3.63) is 11.6 Å². The van der Waals surface area contributed by atoms with E-state index in [4.69, 9.17) is 0 Å². The van der Waals surface area contributed by atoms with Gasteiger partial charge in [0.05, 0.1) is 0 Å². The van der Waals surface area contributed by atoms with E-state index < -0.39 is 0 Å². The van der Waals surface area contributed by atoms with E-state index in [0.717, 1.165) is 32.4 Å². The lowest BCUT2D eigenvalue weighted by Gasteiger charge is -2.33. The number of nitrogens with one attached hydrogen (secondary N) is 1. The van der Waals surface area contributed by atoms with E-state index in [-0.39, 0.29) is 11.4 Å². The molecule has 0 unspecified atom stereocenters. The SMILES string of the molecule is CC(C)(C)C1=CCN(C(=O)NC2CCCCC2)CC1. The van der Waals surface area contributed by atoms with Crippen LogP contribution in [0, 0.1) is 5.41 Å². The van der Waals surface area contributed by atoms with Crippen LogP contribution in [0.15, 0.2) is 11.6 Å². The highest BCUT2D eigenvalue weighted by Gasteiger charge is 2.25. The largest absolute Gasteiger partial charge is 0.335 e. The lowest BCUT2D eigenvalue weighted by atomic mass is 9.83. The normalized spacial score (nSPS) is 22.1. The third-order valence-electron chi connectivity index (χ3n) is 4.39. The van der Waals surface area contributed by atoms with Gasteiger partial charge in [-0.25, -0.2) is 4.79 Å². The van der Waals surface area contributed by atoms with Gasteiger partial charge in [-0.05, 0) is 24.7 Å². The molecular weight excluding hydrogens is 236 g/mol. The van der Waals surface area contributed by atoms with Gasteiger partial charge < -0.3 is 10.2 Å². The van der Waals surface area contributed by atoms with Gasteiger partial charge in [-0.15, -0.1) is 0 Å². The Morgan fingerprint density at radius 1 is 1.26 bits per heavy atom. The molecule has 1 saturated carbocycles. The molecule has 19 heavy (non-hydrogen) atoms. The second-order valence-electron chi connectivity index (χ2n) is 6.96. The smallest absolute Gasteiger partial charge is 0.317 e. The van der Waals surface area contributed by atoms with Gasteiger partial charge in [-0.1, -0.05) is 51.7 Å². The zero-order valence-electron chi connectivity index (χ0n) is 12.7. The molecule has 108 valence electrons. The van der Waals surface area contributed by atoms with Crippen molar-refractivity contribution < 1.29 is 4.79 Å². The van der Waals surface area contributed by atoms with Gasteiger partial charge in [0.2, 0.25) is 0 Å². The summed E-state index contributed by atoms with van der Waals surface area (Å²) < 4.78 is 0. The molecule has 0 atom stereocenters. The Hall–Kier alpha value is -0.990. The number of hydrogen-bond donors (Lipinski definition) is 1. The van der Waals surface area contributed by atoms with Crippen LogP contribution >= 0.6 is 0 Å². The molecular formula is C16H28N2O. The maximum atomic E-state index is 12.2. The number of carbonyl (C=O) groups excluding carboxylic acids is 1. The predicted molar refractivity (Wildman–Crippen MR) is 79.1 cm³/mol. The molecule has 0 aromatic carbocycles. The van der Waals surface area contributed by atoms with Crippen molar-refractivity contribution in [2.45, 2.75) is 65.3 Å². The fourth-order valence-corrected chi connectivity index (χ4v) is 3.05. The Bertz CT molecular complexity index is 348. The highest BCUT2D eigenvalue weighted by Crippen LogP contribution is 2.30. The predicted octanol–water partition coefficient (Wildman–Crippen LogP) is 3.71. The van der Waals surface area contributed by atoms with Crippen LogP contribution < -0.4 is 5.32 Å². The number of nitrogens with zero attached hydrogens (tertiary/aromatic N) is 1. The van der Waals surface area contributed by atoms with Crippen LogP contribution in [0.5, 0.6) is 0 Å². The summed E-state index contributed by atoms with van der Waals surface area (Å²) in [6, 6.07) is 0.547. The van der Waals surface area contributed by atoms with Crippen molar-refractivity contribution in [3.63, 3.8) is 0 Å². The number of hydrogen-bond acceptors (Lipinski definition) is 1. The molecule has 2 aliphatic rings. The first-order valence-electron chi connectivity index (χ1n) is 7.72. The number of urea groups is 1. The molecule has 0 saturated heterocycles. The van der Waals surface area contributed by atoms with Gasteiger partial charge in [0.25, 0.3) is 0 Å². The Labute approximate surface area is 117 Å². The third kappa shape index (κ3) is 3.99. The summed E-state index contributed by atoms with van der Waals surface area (Å²) in [5, 5.41) is 3.20. The molecule has 0 aromatic rings. The molecule has 0 aromatic heterocycles. The van der Waals surface area contributed by atoms with E-state index in [1.807, 2.05) is 4.90 Å². The molecule has 1 aliphatic heterocycles. The van der Waals surface area contributed by atoms with Crippen LogP contribution in [0.3, 0.4) is 0 Å². The first-order chi connectivity index (χ1) is 8.97. The van der Waals surface area contributed by atoms with Crippen molar-refractivity contribution in [3.8, 4) is 0 Å². The summed E-state index contributed by atoms with van der Waals surface area (Å²) in [5.74, 6) is 0. The first-order valence-corrected chi connectivity index (χ1v) is 7.72. The molecule has 3 heteroatoms. The average Bonchev–Trinajstić information content (AvgIpc) is 2.39. The van der Waals surface area contributed by atoms with Crippen LogP contribution in [0.1, 0.15) is 59.3 Å². The standard InChI is InChI=1S/C16H28N2O/c1-16(2,3)13-9-11-18(12-10-13)15(19)17-14-7-5-4-6-8-14/h9,14H,4-8,10-12H2,1-3H3,(H,17,19). The average molecular weight is 264 g/mol. The molecule has 1 N–H and O–H groups in total. The second kappa shape index (κ2) is 5.98. The summed E-state index contributed by atoms with van der Waals surface area (Å²) in [6.45, 7) is 8.37.